The highest BCUT2D eigenvalue weighted by Gasteiger charge is 2.06. The summed E-state index contributed by atoms with van der Waals surface area (Å²) in [6, 6.07) is 5.75. The van der Waals surface area contributed by atoms with Gasteiger partial charge in [0, 0.05) is 17.4 Å². The van der Waals surface area contributed by atoms with Gasteiger partial charge >= 0.3 is 0 Å². The molecule has 1 heterocycles. The Hall–Kier alpha value is -2.10. The number of aromatic hydroxyl groups is 1. The number of benzene rings is 1. The first-order chi connectivity index (χ1) is 8.58. The Morgan fingerprint density at radius 3 is 2.67 bits per heavy atom. The van der Waals surface area contributed by atoms with E-state index in [4.69, 9.17) is 0 Å². The van der Waals surface area contributed by atoms with Gasteiger partial charge in [-0.15, -0.1) is 0 Å². The van der Waals surface area contributed by atoms with Crippen molar-refractivity contribution >= 4 is 5.69 Å². The third-order valence-electron chi connectivity index (χ3n) is 2.93. The fraction of sp³-hybridized carbons (Fsp3) is 0.286. The number of aryl methyl sites for hydroxylation is 2. The summed E-state index contributed by atoms with van der Waals surface area (Å²) in [7, 11) is 0. The highest BCUT2D eigenvalue weighted by molar-refractivity contribution is 5.59. The normalized spacial score (nSPS) is 10.4. The topological polar surface area (TPSA) is 58.0 Å². The Balaban J connectivity index is 2.14. The molecule has 0 aliphatic heterocycles. The van der Waals surface area contributed by atoms with Crippen LogP contribution in [0.3, 0.4) is 0 Å². The van der Waals surface area contributed by atoms with E-state index in [9.17, 15) is 5.11 Å². The maximum atomic E-state index is 9.86. The van der Waals surface area contributed by atoms with Crippen LogP contribution in [0, 0.1) is 20.8 Å². The maximum absolute atomic E-state index is 9.86. The van der Waals surface area contributed by atoms with Gasteiger partial charge in [0.2, 0.25) is 0 Å². The first kappa shape index (κ1) is 12.4. The Morgan fingerprint density at radius 1 is 1.17 bits per heavy atom. The van der Waals surface area contributed by atoms with Crippen molar-refractivity contribution in [2.75, 3.05) is 5.32 Å². The Morgan fingerprint density at radius 2 is 1.94 bits per heavy atom. The second kappa shape index (κ2) is 5.04. The van der Waals surface area contributed by atoms with Crippen molar-refractivity contribution < 1.29 is 5.11 Å². The van der Waals surface area contributed by atoms with Crippen LogP contribution in [0.2, 0.25) is 0 Å². The lowest BCUT2D eigenvalue weighted by atomic mass is 10.1. The zero-order valence-corrected chi connectivity index (χ0v) is 10.9. The Kier molecular flexibility index (Phi) is 3.46. The zero-order valence-electron chi connectivity index (χ0n) is 10.9. The molecule has 2 N–H and O–H groups in total. The molecule has 1 aromatic heterocycles. The maximum Gasteiger partial charge on any atom is 0.125 e. The van der Waals surface area contributed by atoms with Crippen molar-refractivity contribution in [2.45, 2.75) is 27.3 Å². The smallest absolute Gasteiger partial charge is 0.125 e. The zero-order chi connectivity index (χ0) is 13.1. The molecule has 0 saturated heterocycles. The molecule has 1 aromatic carbocycles. The SMILES string of the molecule is Cc1nccc(CNc2ccc(C)c(O)c2C)n1. The lowest BCUT2D eigenvalue weighted by Gasteiger charge is -2.12. The average molecular weight is 243 g/mol. The molecule has 4 nitrogen and oxygen atoms in total. The van der Waals surface area contributed by atoms with Crippen LogP contribution < -0.4 is 5.32 Å². The molecule has 0 saturated carbocycles. The van der Waals surface area contributed by atoms with Gasteiger partial charge in [-0.3, -0.25) is 0 Å². The molecule has 0 atom stereocenters. The van der Waals surface area contributed by atoms with Gasteiger partial charge in [-0.1, -0.05) is 6.07 Å². The molecule has 2 aromatic rings. The van der Waals surface area contributed by atoms with E-state index in [1.54, 1.807) is 6.20 Å². The molecule has 94 valence electrons. The van der Waals surface area contributed by atoms with Crippen LogP contribution in [-0.4, -0.2) is 15.1 Å². The summed E-state index contributed by atoms with van der Waals surface area (Å²) < 4.78 is 0. The van der Waals surface area contributed by atoms with Crippen LogP contribution >= 0.6 is 0 Å². The molecular formula is C14H17N3O. The highest BCUT2D eigenvalue weighted by atomic mass is 16.3. The predicted molar refractivity (Wildman–Crippen MR) is 71.7 cm³/mol. The van der Waals surface area contributed by atoms with Gasteiger partial charge in [0.1, 0.15) is 11.6 Å². The molecule has 4 heteroatoms. The molecule has 0 radical (unpaired) electrons. The van der Waals surface area contributed by atoms with Crippen molar-refractivity contribution in [1.82, 2.24) is 9.97 Å². The summed E-state index contributed by atoms with van der Waals surface area (Å²) in [6.07, 6.45) is 1.75. The highest BCUT2D eigenvalue weighted by Crippen LogP contribution is 2.28. The van der Waals surface area contributed by atoms with E-state index in [-0.39, 0.29) is 0 Å². The summed E-state index contributed by atoms with van der Waals surface area (Å²) >= 11 is 0. The molecule has 0 bridgehead atoms. The fourth-order valence-electron chi connectivity index (χ4n) is 1.82. The summed E-state index contributed by atoms with van der Waals surface area (Å²) in [5.41, 5.74) is 3.60. The first-order valence-electron chi connectivity index (χ1n) is 5.89. The van der Waals surface area contributed by atoms with Crippen LogP contribution in [0.5, 0.6) is 5.75 Å². The summed E-state index contributed by atoms with van der Waals surface area (Å²) in [5, 5.41) is 13.1. The van der Waals surface area contributed by atoms with Crippen LogP contribution in [0.15, 0.2) is 24.4 Å². The Labute approximate surface area is 107 Å². The van der Waals surface area contributed by atoms with Crippen molar-refractivity contribution in [3.8, 4) is 5.75 Å². The first-order valence-corrected chi connectivity index (χ1v) is 5.89. The minimum Gasteiger partial charge on any atom is -0.507 e. The summed E-state index contributed by atoms with van der Waals surface area (Å²) in [5.74, 6) is 1.11. The third kappa shape index (κ3) is 2.59. The van der Waals surface area contributed by atoms with Crippen LogP contribution in [-0.2, 0) is 6.54 Å². The number of nitrogens with zero attached hydrogens (tertiary/aromatic N) is 2. The molecule has 0 unspecified atom stereocenters. The number of hydrogen-bond donors (Lipinski definition) is 2. The molecule has 0 aliphatic rings. The number of nitrogens with one attached hydrogen (secondary N) is 1. The fourth-order valence-corrected chi connectivity index (χ4v) is 1.82. The van der Waals surface area contributed by atoms with E-state index in [1.807, 2.05) is 39.0 Å². The lowest BCUT2D eigenvalue weighted by Crippen LogP contribution is -2.04. The molecule has 0 fully saturated rings. The molecule has 0 spiro atoms. The summed E-state index contributed by atoms with van der Waals surface area (Å²) in [4.78, 5) is 8.38. The molecule has 18 heavy (non-hydrogen) atoms. The number of anilines is 1. The van der Waals surface area contributed by atoms with E-state index in [2.05, 4.69) is 15.3 Å². The summed E-state index contributed by atoms with van der Waals surface area (Å²) in [6.45, 7) is 6.27. The van der Waals surface area contributed by atoms with Crippen molar-refractivity contribution in [3.05, 3.63) is 47.0 Å². The second-order valence-corrected chi connectivity index (χ2v) is 4.35. The largest absolute Gasteiger partial charge is 0.507 e. The molecule has 0 amide bonds. The standard InChI is InChI=1S/C14H17N3O/c1-9-4-5-13(10(2)14(9)18)16-8-12-6-7-15-11(3)17-12/h4-7,16,18H,8H2,1-3H3. The van der Waals surface area contributed by atoms with E-state index in [0.29, 0.717) is 12.3 Å². The van der Waals surface area contributed by atoms with Gasteiger partial charge in [0.05, 0.1) is 12.2 Å². The van der Waals surface area contributed by atoms with E-state index in [1.165, 1.54) is 0 Å². The van der Waals surface area contributed by atoms with Gasteiger partial charge in [0.15, 0.2) is 0 Å². The minimum atomic E-state index is 0.346. The van der Waals surface area contributed by atoms with Gasteiger partial charge in [0.25, 0.3) is 0 Å². The van der Waals surface area contributed by atoms with Crippen molar-refractivity contribution in [1.29, 1.82) is 0 Å². The van der Waals surface area contributed by atoms with E-state index in [0.717, 1.165) is 28.3 Å². The van der Waals surface area contributed by atoms with Crippen molar-refractivity contribution in [2.24, 2.45) is 0 Å². The number of aromatic nitrogens is 2. The van der Waals surface area contributed by atoms with E-state index >= 15 is 0 Å². The third-order valence-corrected chi connectivity index (χ3v) is 2.93. The number of hydrogen-bond acceptors (Lipinski definition) is 4. The lowest BCUT2D eigenvalue weighted by molar-refractivity contribution is 0.467. The molecular weight excluding hydrogens is 226 g/mol. The average Bonchev–Trinajstić information content (AvgIpc) is 2.35. The number of rotatable bonds is 3. The number of phenolic OH excluding ortho intramolecular Hbond substituents is 1. The molecule has 0 aliphatic carbocycles. The van der Waals surface area contributed by atoms with Gasteiger partial charge in [-0.2, -0.15) is 0 Å². The monoisotopic (exact) mass is 243 g/mol. The van der Waals surface area contributed by atoms with E-state index < -0.39 is 0 Å². The van der Waals surface area contributed by atoms with Gasteiger partial charge in [-0.25, -0.2) is 9.97 Å². The predicted octanol–water partition coefficient (Wildman–Crippen LogP) is 2.72. The van der Waals surface area contributed by atoms with Gasteiger partial charge in [-0.05, 0) is 38.5 Å². The van der Waals surface area contributed by atoms with Crippen molar-refractivity contribution in [3.63, 3.8) is 0 Å². The Bertz CT molecular complexity index is 567. The second-order valence-electron chi connectivity index (χ2n) is 4.35. The van der Waals surface area contributed by atoms with Gasteiger partial charge < -0.3 is 10.4 Å². The quantitative estimate of drug-likeness (QED) is 0.870. The van der Waals surface area contributed by atoms with Crippen LogP contribution in [0.4, 0.5) is 5.69 Å². The van der Waals surface area contributed by atoms with Crippen LogP contribution in [0.25, 0.3) is 0 Å². The van der Waals surface area contributed by atoms with Crippen LogP contribution in [0.1, 0.15) is 22.6 Å². The minimum absolute atomic E-state index is 0.346. The number of phenols is 1. The molecule has 2 rings (SSSR count).